The number of nitrogens with one attached hydrogen (secondary N) is 1. The molecular weight excluding hydrogens is 310 g/mol. The van der Waals surface area contributed by atoms with E-state index in [1.165, 1.54) is 11.1 Å². The van der Waals surface area contributed by atoms with Crippen LogP contribution in [0.15, 0.2) is 48.5 Å². The summed E-state index contributed by atoms with van der Waals surface area (Å²) >= 11 is 5.89. The molecule has 2 aromatic rings. The summed E-state index contributed by atoms with van der Waals surface area (Å²) in [4.78, 5) is 12.0. The van der Waals surface area contributed by atoms with Gasteiger partial charge >= 0.3 is 0 Å². The van der Waals surface area contributed by atoms with Gasteiger partial charge in [0.05, 0.1) is 6.10 Å². The average molecular weight is 332 g/mol. The zero-order valence-corrected chi connectivity index (χ0v) is 14.3. The molecule has 2 aromatic carbocycles. The molecule has 4 heteroatoms. The normalized spacial score (nSPS) is 12.0. The third kappa shape index (κ3) is 5.70. The number of carbonyl (C=O) groups excluding carboxylic acids is 1. The molecule has 0 saturated heterocycles. The van der Waals surface area contributed by atoms with Crippen molar-refractivity contribution in [1.29, 1.82) is 0 Å². The number of benzene rings is 2. The molecule has 122 valence electrons. The molecule has 0 heterocycles. The largest absolute Gasteiger partial charge is 0.375 e. The van der Waals surface area contributed by atoms with E-state index in [9.17, 15) is 4.79 Å². The number of methoxy groups -OCH3 is 1. The van der Waals surface area contributed by atoms with E-state index in [1.807, 2.05) is 36.4 Å². The topological polar surface area (TPSA) is 38.3 Å². The fourth-order valence-electron chi connectivity index (χ4n) is 2.44. The first-order chi connectivity index (χ1) is 11.1. The van der Waals surface area contributed by atoms with Gasteiger partial charge in [-0.15, -0.1) is 0 Å². The van der Waals surface area contributed by atoms with Crippen LogP contribution in [0.5, 0.6) is 0 Å². The predicted octanol–water partition coefficient (Wildman–Crippen LogP) is 4.08. The summed E-state index contributed by atoms with van der Waals surface area (Å²) in [5.74, 6) is 0.0301. The standard InChI is InChI=1S/C19H22ClNO2/c1-14-4-3-5-15(12-14)6-11-19(22)21-13-18(23-2)16-7-9-17(20)10-8-16/h3-5,7-10,12,18H,6,11,13H2,1-2H3,(H,21,22). The highest BCUT2D eigenvalue weighted by molar-refractivity contribution is 6.30. The first kappa shape index (κ1) is 17.5. The van der Waals surface area contributed by atoms with Crippen molar-refractivity contribution in [2.75, 3.05) is 13.7 Å². The van der Waals surface area contributed by atoms with Gasteiger partial charge in [0, 0.05) is 25.1 Å². The lowest BCUT2D eigenvalue weighted by Gasteiger charge is -2.16. The lowest BCUT2D eigenvalue weighted by molar-refractivity contribution is -0.121. The van der Waals surface area contributed by atoms with Crippen molar-refractivity contribution in [2.24, 2.45) is 0 Å². The average Bonchev–Trinajstić information content (AvgIpc) is 2.55. The number of hydrogen-bond donors (Lipinski definition) is 1. The third-order valence-corrected chi connectivity index (χ3v) is 3.99. The van der Waals surface area contributed by atoms with Gasteiger partial charge in [0.2, 0.25) is 5.91 Å². The van der Waals surface area contributed by atoms with Crippen LogP contribution in [0.4, 0.5) is 0 Å². The second-order valence-electron chi connectivity index (χ2n) is 5.57. The van der Waals surface area contributed by atoms with Gasteiger partial charge in [-0.05, 0) is 36.6 Å². The summed E-state index contributed by atoms with van der Waals surface area (Å²) in [6.07, 6.45) is 1.04. The molecule has 0 aliphatic heterocycles. The fourth-order valence-corrected chi connectivity index (χ4v) is 2.56. The molecule has 1 atom stereocenters. The Kier molecular flexibility index (Phi) is 6.63. The van der Waals surface area contributed by atoms with Gasteiger partial charge < -0.3 is 10.1 Å². The number of ether oxygens (including phenoxy) is 1. The molecule has 0 bridgehead atoms. The van der Waals surface area contributed by atoms with E-state index < -0.39 is 0 Å². The molecule has 0 radical (unpaired) electrons. The molecule has 0 saturated carbocycles. The lowest BCUT2D eigenvalue weighted by atomic mass is 10.1. The summed E-state index contributed by atoms with van der Waals surface area (Å²) in [6.45, 7) is 2.50. The molecule has 0 fully saturated rings. The summed E-state index contributed by atoms with van der Waals surface area (Å²) in [5, 5.41) is 3.62. The second kappa shape index (κ2) is 8.70. The maximum atomic E-state index is 12.0. The molecule has 2 rings (SSSR count). The Morgan fingerprint density at radius 1 is 1.22 bits per heavy atom. The number of rotatable bonds is 7. The molecule has 0 aromatic heterocycles. The maximum absolute atomic E-state index is 12.0. The summed E-state index contributed by atoms with van der Waals surface area (Å²) in [5.41, 5.74) is 3.39. The van der Waals surface area contributed by atoms with Crippen LogP contribution in [-0.4, -0.2) is 19.6 Å². The van der Waals surface area contributed by atoms with Crippen molar-refractivity contribution in [3.05, 3.63) is 70.2 Å². The minimum Gasteiger partial charge on any atom is -0.375 e. The molecule has 1 unspecified atom stereocenters. The Morgan fingerprint density at radius 2 is 1.96 bits per heavy atom. The van der Waals surface area contributed by atoms with Crippen LogP contribution in [0.2, 0.25) is 5.02 Å². The number of halogens is 1. The number of carbonyl (C=O) groups is 1. The van der Waals surface area contributed by atoms with Crippen molar-refractivity contribution in [2.45, 2.75) is 25.9 Å². The highest BCUT2D eigenvalue weighted by Crippen LogP contribution is 2.18. The second-order valence-corrected chi connectivity index (χ2v) is 6.01. The van der Waals surface area contributed by atoms with E-state index in [1.54, 1.807) is 7.11 Å². The molecule has 1 N–H and O–H groups in total. The molecular formula is C19H22ClNO2. The zero-order chi connectivity index (χ0) is 16.7. The first-order valence-corrected chi connectivity index (χ1v) is 8.07. The van der Waals surface area contributed by atoms with Crippen LogP contribution in [-0.2, 0) is 16.0 Å². The van der Waals surface area contributed by atoms with Gasteiger partial charge in [0.15, 0.2) is 0 Å². The monoisotopic (exact) mass is 331 g/mol. The van der Waals surface area contributed by atoms with Gasteiger partial charge in [0.1, 0.15) is 0 Å². The van der Waals surface area contributed by atoms with Gasteiger partial charge in [-0.1, -0.05) is 53.6 Å². The summed E-state index contributed by atoms with van der Waals surface area (Å²) in [7, 11) is 1.64. The van der Waals surface area contributed by atoms with Crippen molar-refractivity contribution in [3.63, 3.8) is 0 Å². The van der Waals surface area contributed by atoms with Gasteiger partial charge in [-0.3, -0.25) is 4.79 Å². The number of amides is 1. The van der Waals surface area contributed by atoms with Crippen LogP contribution < -0.4 is 5.32 Å². The highest BCUT2D eigenvalue weighted by Gasteiger charge is 2.12. The Hall–Kier alpha value is -1.84. The van der Waals surface area contributed by atoms with Crippen LogP contribution in [0, 0.1) is 6.92 Å². The van der Waals surface area contributed by atoms with Gasteiger partial charge in [-0.2, -0.15) is 0 Å². The lowest BCUT2D eigenvalue weighted by Crippen LogP contribution is -2.29. The molecule has 1 amide bonds. The van der Waals surface area contributed by atoms with Crippen LogP contribution in [0.3, 0.4) is 0 Å². The van der Waals surface area contributed by atoms with E-state index in [4.69, 9.17) is 16.3 Å². The Labute approximate surface area is 142 Å². The van der Waals surface area contributed by atoms with Crippen molar-refractivity contribution >= 4 is 17.5 Å². The predicted molar refractivity (Wildman–Crippen MR) is 93.7 cm³/mol. The molecule has 23 heavy (non-hydrogen) atoms. The number of hydrogen-bond acceptors (Lipinski definition) is 2. The third-order valence-electron chi connectivity index (χ3n) is 3.73. The minimum absolute atomic E-state index is 0.0301. The molecule has 3 nitrogen and oxygen atoms in total. The Bertz CT molecular complexity index is 640. The maximum Gasteiger partial charge on any atom is 0.220 e. The quantitative estimate of drug-likeness (QED) is 0.830. The molecule has 0 spiro atoms. The van der Waals surface area contributed by atoms with E-state index in [2.05, 4.69) is 24.4 Å². The SMILES string of the molecule is COC(CNC(=O)CCc1cccc(C)c1)c1ccc(Cl)cc1. The van der Waals surface area contributed by atoms with Crippen LogP contribution >= 0.6 is 11.6 Å². The molecule has 0 aliphatic carbocycles. The van der Waals surface area contributed by atoms with Crippen LogP contribution in [0.1, 0.15) is 29.2 Å². The van der Waals surface area contributed by atoms with Gasteiger partial charge in [-0.25, -0.2) is 0 Å². The highest BCUT2D eigenvalue weighted by atomic mass is 35.5. The van der Waals surface area contributed by atoms with E-state index in [-0.39, 0.29) is 12.0 Å². The first-order valence-electron chi connectivity index (χ1n) is 7.69. The minimum atomic E-state index is -0.171. The zero-order valence-electron chi connectivity index (χ0n) is 13.5. The van der Waals surface area contributed by atoms with E-state index >= 15 is 0 Å². The van der Waals surface area contributed by atoms with Gasteiger partial charge in [0.25, 0.3) is 0 Å². The number of aryl methyl sites for hydroxylation is 2. The van der Waals surface area contributed by atoms with Crippen molar-refractivity contribution in [1.82, 2.24) is 5.32 Å². The van der Waals surface area contributed by atoms with E-state index in [0.717, 1.165) is 12.0 Å². The van der Waals surface area contributed by atoms with E-state index in [0.29, 0.717) is 18.0 Å². The van der Waals surface area contributed by atoms with Crippen molar-refractivity contribution in [3.8, 4) is 0 Å². The Morgan fingerprint density at radius 3 is 2.61 bits per heavy atom. The summed E-state index contributed by atoms with van der Waals surface area (Å²) in [6, 6.07) is 15.7. The summed E-state index contributed by atoms with van der Waals surface area (Å²) < 4.78 is 5.45. The van der Waals surface area contributed by atoms with Crippen molar-refractivity contribution < 1.29 is 9.53 Å². The molecule has 0 aliphatic rings. The van der Waals surface area contributed by atoms with Crippen LogP contribution in [0.25, 0.3) is 0 Å². The fraction of sp³-hybridized carbons (Fsp3) is 0.316. The Balaban J connectivity index is 1.81. The smallest absolute Gasteiger partial charge is 0.220 e.